The highest BCUT2D eigenvalue weighted by Crippen LogP contribution is 2.26. The van der Waals surface area contributed by atoms with E-state index < -0.39 is 5.97 Å². The summed E-state index contributed by atoms with van der Waals surface area (Å²) in [7, 11) is 1.26. The van der Waals surface area contributed by atoms with Gasteiger partial charge in [-0.15, -0.1) is 0 Å². The number of carbonyl (C=O) groups excluding carboxylic acids is 1. The Balaban J connectivity index is 2.14. The average Bonchev–Trinajstić information content (AvgIpc) is 2.93. The van der Waals surface area contributed by atoms with Crippen LogP contribution in [0.25, 0.3) is 6.08 Å². The summed E-state index contributed by atoms with van der Waals surface area (Å²) in [6, 6.07) is 1.84. The highest BCUT2D eigenvalue weighted by molar-refractivity contribution is 7.16. The number of rotatable bonds is 3. The minimum Gasteiger partial charge on any atom is -0.465 e. The number of esters is 1. The van der Waals surface area contributed by atoms with E-state index in [1.54, 1.807) is 6.20 Å². The van der Waals surface area contributed by atoms with Crippen LogP contribution in [0.5, 0.6) is 0 Å². The van der Waals surface area contributed by atoms with Gasteiger partial charge in [-0.3, -0.25) is 0 Å². The van der Waals surface area contributed by atoms with E-state index in [1.165, 1.54) is 43.8 Å². The van der Waals surface area contributed by atoms with Crippen LogP contribution in [-0.4, -0.2) is 31.2 Å². The van der Waals surface area contributed by atoms with E-state index >= 15 is 0 Å². The van der Waals surface area contributed by atoms with Crippen molar-refractivity contribution < 1.29 is 9.53 Å². The van der Waals surface area contributed by atoms with Crippen LogP contribution in [0.3, 0.4) is 0 Å². The second-order valence-corrected chi connectivity index (χ2v) is 5.29. The summed E-state index contributed by atoms with van der Waals surface area (Å²) in [4.78, 5) is 18.7. The van der Waals surface area contributed by atoms with Crippen molar-refractivity contribution >= 4 is 28.5 Å². The molecule has 100 valence electrons. The zero-order chi connectivity index (χ0) is 13.7. The van der Waals surface area contributed by atoms with Gasteiger partial charge in [0.05, 0.1) is 12.0 Å². The van der Waals surface area contributed by atoms with Crippen LogP contribution in [0.15, 0.2) is 11.8 Å². The van der Waals surface area contributed by atoms with Gasteiger partial charge >= 0.3 is 5.97 Å². The first kappa shape index (κ1) is 13.6. The standard InChI is InChI=1S/C13H15N3O2S/c1-18-12(17)10(8-14)7-11-9-15-13(19-11)16-5-3-2-4-6-16/h7,9H,2-6H2,1H3. The van der Waals surface area contributed by atoms with E-state index in [-0.39, 0.29) is 5.57 Å². The number of aromatic nitrogens is 1. The normalized spacial score (nSPS) is 16.0. The van der Waals surface area contributed by atoms with Gasteiger partial charge in [0.2, 0.25) is 0 Å². The number of hydrogen-bond acceptors (Lipinski definition) is 6. The molecule has 1 aromatic rings. The van der Waals surface area contributed by atoms with Gasteiger partial charge < -0.3 is 9.64 Å². The molecule has 1 fully saturated rings. The summed E-state index contributed by atoms with van der Waals surface area (Å²) in [6.45, 7) is 2.05. The summed E-state index contributed by atoms with van der Waals surface area (Å²) >= 11 is 1.49. The molecule has 0 atom stereocenters. The van der Waals surface area contributed by atoms with E-state index in [2.05, 4.69) is 14.6 Å². The van der Waals surface area contributed by atoms with E-state index in [4.69, 9.17) is 5.26 Å². The van der Waals surface area contributed by atoms with Gasteiger partial charge in [0.15, 0.2) is 5.13 Å². The topological polar surface area (TPSA) is 66.2 Å². The van der Waals surface area contributed by atoms with Crippen molar-refractivity contribution in [1.82, 2.24) is 4.98 Å². The minimum atomic E-state index is -0.615. The lowest BCUT2D eigenvalue weighted by molar-refractivity contribution is -0.135. The number of ether oxygens (including phenoxy) is 1. The van der Waals surface area contributed by atoms with Crippen molar-refractivity contribution in [2.75, 3.05) is 25.1 Å². The van der Waals surface area contributed by atoms with Crippen molar-refractivity contribution in [1.29, 1.82) is 5.26 Å². The monoisotopic (exact) mass is 277 g/mol. The zero-order valence-electron chi connectivity index (χ0n) is 10.8. The molecule has 6 heteroatoms. The lowest BCUT2D eigenvalue weighted by atomic mass is 10.1. The third kappa shape index (κ3) is 3.32. The molecule has 0 unspecified atom stereocenters. The first-order valence-electron chi connectivity index (χ1n) is 6.15. The Bertz CT molecular complexity index is 524. The molecule has 0 aromatic carbocycles. The maximum atomic E-state index is 11.3. The molecule has 0 N–H and O–H groups in total. The first-order valence-corrected chi connectivity index (χ1v) is 6.97. The molecule has 0 bridgehead atoms. The number of carbonyl (C=O) groups is 1. The van der Waals surface area contributed by atoms with Gasteiger partial charge in [0.1, 0.15) is 11.6 Å². The van der Waals surface area contributed by atoms with E-state index in [9.17, 15) is 4.79 Å². The Hall–Kier alpha value is -1.87. The third-order valence-electron chi connectivity index (χ3n) is 2.95. The summed E-state index contributed by atoms with van der Waals surface area (Å²) in [5.41, 5.74) is -0.00339. The molecule has 1 saturated heterocycles. The molecule has 0 amide bonds. The molecular formula is C13H15N3O2S. The SMILES string of the molecule is COC(=O)C(C#N)=Cc1cnc(N2CCCCC2)s1. The number of thiazole rings is 1. The smallest absolute Gasteiger partial charge is 0.348 e. The highest BCUT2D eigenvalue weighted by Gasteiger charge is 2.15. The predicted octanol–water partition coefficient (Wildman–Crippen LogP) is 2.21. The van der Waals surface area contributed by atoms with Crippen LogP contribution < -0.4 is 4.90 Å². The van der Waals surface area contributed by atoms with Crippen LogP contribution >= 0.6 is 11.3 Å². The minimum absolute atomic E-state index is 0.00339. The van der Waals surface area contributed by atoms with Crippen molar-refractivity contribution in [3.63, 3.8) is 0 Å². The summed E-state index contributed by atoms with van der Waals surface area (Å²) in [5, 5.41) is 9.85. The lowest BCUT2D eigenvalue weighted by Crippen LogP contribution is -2.29. The third-order valence-corrected chi connectivity index (χ3v) is 3.96. The molecule has 0 radical (unpaired) electrons. The number of methoxy groups -OCH3 is 1. The van der Waals surface area contributed by atoms with E-state index in [1.807, 2.05) is 6.07 Å². The fourth-order valence-electron chi connectivity index (χ4n) is 1.96. The van der Waals surface area contributed by atoms with Crippen LogP contribution in [0.4, 0.5) is 5.13 Å². The summed E-state index contributed by atoms with van der Waals surface area (Å²) in [6.07, 6.45) is 6.87. The number of nitrogens with zero attached hydrogens (tertiary/aromatic N) is 3. The molecule has 1 aliphatic heterocycles. The largest absolute Gasteiger partial charge is 0.465 e. The Labute approximate surface area is 116 Å². The average molecular weight is 277 g/mol. The van der Waals surface area contributed by atoms with Crippen LogP contribution in [0.1, 0.15) is 24.1 Å². The maximum Gasteiger partial charge on any atom is 0.348 e. The second-order valence-electron chi connectivity index (χ2n) is 4.25. The summed E-state index contributed by atoms with van der Waals surface area (Å²) < 4.78 is 4.54. The molecule has 0 aliphatic carbocycles. The van der Waals surface area contributed by atoms with Crippen LogP contribution in [-0.2, 0) is 9.53 Å². The molecule has 5 nitrogen and oxygen atoms in total. The Morgan fingerprint density at radius 2 is 2.26 bits per heavy atom. The molecule has 0 spiro atoms. The summed E-state index contributed by atoms with van der Waals surface area (Å²) in [5.74, 6) is -0.615. The van der Waals surface area contributed by atoms with Crippen LogP contribution in [0.2, 0.25) is 0 Å². The van der Waals surface area contributed by atoms with Crippen LogP contribution in [0, 0.1) is 11.3 Å². The number of piperidine rings is 1. The van der Waals surface area contributed by atoms with Crippen molar-refractivity contribution in [3.8, 4) is 6.07 Å². The molecule has 1 aromatic heterocycles. The molecule has 2 rings (SSSR count). The fraction of sp³-hybridized carbons (Fsp3) is 0.462. The number of anilines is 1. The lowest BCUT2D eigenvalue weighted by Gasteiger charge is -2.25. The zero-order valence-corrected chi connectivity index (χ0v) is 11.6. The van der Waals surface area contributed by atoms with Gasteiger partial charge in [-0.05, 0) is 25.3 Å². The number of nitriles is 1. The molecular weight excluding hydrogens is 262 g/mol. The fourth-order valence-corrected chi connectivity index (χ4v) is 2.87. The van der Waals surface area contributed by atoms with E-state index in [0.29, 0.717) is 0 Å². The first-order chi connectivity index (χ1) is 9.24. The van der Waals surface area contributed by atoms with Gasteiger partial charge in [-0.1, -0.05) is 11.3 Å². The number of hydrogen-bond donors (Lipinski definition) is 0. The predicted molar refractivity (Wildman–Crippen MR) is 73.8 cm³/mol. The second kappa shape index (κ2) is 6.34. The highest BCUT2D eigenvalue weighted by atomic mass is 32.1. The van der Waals surface area contributed by atoms with Crippen molar-refractivity contribution in [3.05, 3.63) is 16.6 Å². The Morgan fingerprint density at radius 3 is 2.89 bits per heavy atom. The van der Waals surface area contributed by atoms with Gasteiger partial charge in [0.25, 0.3) is 0 Å². The molecule has 0 saturated carbocycles. The van der Waals surface area contributed by atoms with Gasteiger partial charge in [0, 0.05) is 19.3 Å². The quantitative estimate of drug-likeness (QED) is 0.481. The van der Waals surface area contributed by atoms with Crippen molar-refractivity contribution in [2.45, 2.75) is 19.3 Å². The Kier molecular flexibility index (Phi) is 4.53. The van der Waals surface area contributed by atoms with E-state index in [0.717, 1.165) is 23.1 Å². The maximum absolute atomic E-state index is 11.3. The van der Waals surface area contributed by atoms with Gasteiger partial charge in [-0.2, -0.15) is 5.26 Å². The molecule has 1 aliphatic rings. The molecule has 2 heterocycles. The Morgan fingerprint density at radius 1 is 1.53 bits per heavy atom. The molecule has 19 heavy (non-hydrogen) atoms. The van der Waals surface area contributed by atoms with Crippen molar-refractivity contribution in [2.24, 2.45) is 0 Å². The van der Waals surface area contributed by atoms with Gasteiger partial charge in [-0.25, -0.2) is 9.78 Å².